The maximum atomic E-state index is 12.8. The molecule has 1 unspecified atom stereocenters. The molecule has 2 atom stereocenters. The number of esters is 3. The molecular formula is C53H101N5O13. The first-order chi connectivity index (χ1) is 32.9. The predicted molar refractivity (Wildman–Crippen MR) is 275 cm³/mol. The van der Waals surface area contributed by atoms with Crippen LogP contribution in [0.1, 0.15) is 226 Å². The Hall–Kier alpha value is -4.39. The Labute approximate surface area is 427 Å². The van der Waals surface area contributed by atoms with Crippen molar-refractivity contribution in [3.05, 3.63) is 24.3 Å². The molecule has 0 bridgehead atoms. The molecule has 1 amide bonds. The van der Waals surface area contributed by atoms with Gasteiger partial charge in [-0.1, -0.05) is 141 Å². The monoisotopic (exact) mass is 1020 g/mol. The second-order valence-corrected chi connectivity index (χ2v) is 18.0. The van der Waals surface area contributed by atoms with Gasteiger partial charge >= 0.3 is 17.9 Å². The Morgan fingerprint density at radius 2 is 0.845 bits per heavy atom. The highest BCUT2D eigenvalue weighted by molar-refractivity contribution is 5.81. The van der Waals surface area contributed by atoms with E-state index in [4.69, 9.17) is 14.2 Å². The van der Waals surface area contributed by atoms with Crippen LogP contribution in [0.4, 0.5) is 0 Å². The summed E-state index contributed by atoms with van der Waals surface area (Å²) in [5.74, 6) is -7.09. The fraction of sp³-hybridized carbons (Fsp3) is 0.792. The molecule has 0 fully saturated rings. The number of carboxylic acid groups (broad SMARTS) is 3. The van der Waals surface area contributed by atoms with E-state index in [1.807, 2.05) is 0 Å². The van der Waals surface area contributed by atoms with Crippen molar-refractivity contribution in [1.82, 2.24) is 28.7 Å². The van der Waals surface area contributed by atoms with E-state index >= 15 is 0 Å². The van der Waals surface area contributed by atoms with E-state index in [1.165, 1.54) is 77.0 Å². The van der Waals surface area contributed by atoms with Crippen LogP contribution in [-0.2, 0) is 47.8 Å². The van der Waals surface area contributed by atoms with Gasteiger partial charge in [0.2, 0.25) is 5.91 Å². The summed E-state index contributed by atoms with van der Waals surface area (Å²) < 4.78 is 16.4. The van der Waals surface area contributed by atoms with Crippen LogP contribution in [0.5, 0.6) is 0 Å². The molecule has 13 N–H and O–H groups in total. The molecule has 0 rings (SSSR count). The van der Waals surface area contributed by atoms with Gasteiger partial charge in [-0.05, 0) is 83.5 Å². The second kappa shape index (κ2) is 53.4. The number of quaternary nitrogens is 3. The van der Waals surface area contributed by atoms with E-state index in [2.05, 4.69) is 43.5 Å². The maximum Gasteiger partial charge on any atom is 0.306 e. The van der Waals surface area contributed by atoms with Crippen molar-refractivity contribution in [3.8, 4) is 0 Å². The van der Waals surface area contributed by atoms with E-state index < -0.39 is 67.0 Å². The van der Waals surface area contributed by atoms with Crippen LogP contribution in [0.25, 0.3) is 0 Å². The normalized spacial score (nSPS) is 11.8. The van der Waals surface area contributed by atoms with Crippen molar-refractivity contribution >= 4 is 41.7 Å². The minimum atomic E-state index is -1.66. The van der Waals surface area contributed by atoms with Crippen molar-refractivity contribution in [2.24, 2.45) is 0 Å². The fourth-order valence-corrected chi connectivity index (χ4v) is 7.61. The topological polar surface area (TPSA) is 341 Å². The number of hydrogen-bond donors (Lipinski definition) is 4. The Kier molecular flexibility index (Phi) is 55.0. The van der Waals surface area contributed by atoms with Crippen LogP contribution in [0.15, 0.2) is 24.3 Å². The molecule has 0 saturated carbocycles. The molecule has 0 aliphatic rings. The van der Waals surface area contributed by atoms with E-state index in [0.29, 0.717) is 17.7 Å². The summed E-state index contributed by atoms with van der Waals surface area (Å²) >= 11 is 0. The highest BCUT2D eigenvalue weighted by atomic mass is 16.6. The zero-order valence-electron chi connectivity index (χ0n) is 45.1. The number of hydrogen-bond acceptors (Lipinski definition) is 14. The van der Waals surface area contributed by atoms with Crippen molar-refractivity contribution < 1.29 is 63.1 Å². The number of nitrogens with zero attached hydrogens (tertiary/aromatic N) is 1. The SMILES string of the molecule is CCCCCCCC/C=C\CCCCCCCC(=O)OC[C@H](COC(=O)CCC(=O)NCCCCC(C(=O)[O-])N(CC(=O)[O-])CC(=O)[O-])OC(=O)CCCCCCC/C=C\CCCCCCCC.[NH4+].[NH4+].[NH4+]. The lowest BCUT2D eigenvalue weighted by atomic mass is 10.1. The highest BCUT2D eigenvalue weighted by Crippen LogP contribution is 2.14. The van der Waals surface area contributed by atoms with Gasteiger partial charge in [-0.15, -0.1) is 0 Å². The molecular weight excluding hydrogens is 915 g/mol. The largest absolute Gasteiger partial charge is 0.549 e. The molecule has 18 heteroatoms. The summed E-state index contributed by atoms with van der Waals surface area (Å²) in [7, 11) is 0. The molecule has 18 nitrogen and oxygen atoms in total. The smallest absolute Gasteiger partial charge is 0.306 e. The Balaban J connectivity index is -0.00000748. The molecule has 0 spiro atoms. The molecule has 71 heavy (non-hydrogen) atoms. The number of aliphatic carboxylic acids is 3. The first-order valence-electron chi connectivity index (χ1n) is 26.3. The standard InChI is InChI=1S/C53H92N2O13.3H3N/c1-3-5-7-9-11-13-15-17-19-21-23-25-27-29-31-36-50(61)66-43-45(68-52(63)37-32-30-28-26-24-22-20-18-16-14-12-10-8-6-4-2)44-67-51(62)39-38-47(56)54-40-34-33-35-46(53(64)65)55(41-48(57)58)42-49(59)60;;;/h17-20,45-46H,3-16,21-44H2,1-2H3,(H,54,56)(H,57,58)(H,59,60)(H,64,65);3*1H3/b19-17-,20-18-;;;/t45-,46?;;;/m1.../s1. The van der Waals surface area contributed by atoms with Crippen molar-refractivity contribution in [3.63, 3.8) is 0 Å². The fourth-order valence-electron chi connectivity index (χ4n) is 7.61. The molecule has 0 aromatic carbocycles. The van der Waals surface area contributed by atoms with Crippen LogP contribution in [0.2, 0.25) is 0 Å². The van der Waals surface area contributed by atoms with E-state index in [9.17, 15) is 48.9 Å². The van der Waals surface area contributed by atoms with Gasteiger partial charge in [0.05, 0.1) is 30.4 Å². The number of allylic oxidation sites excluding steroid dienone is 4. The Bertz CT molecular complexity index is 1400. The lowest BCUT2D eigenvalue weighted by Crippen LogP contribution is -2.54. The summed E-state index contributed by atoms with van der Waals surface area (Å²) in [6.07, 6.45) is 37.9. The maximum absolute atomic E-state index is 12.8. The first-order valence-corrected chi connectivity index (χ1v) is 26.3. The number of amides is 1. The predicted octanol–water partition coefficient (Wildman–Crippen LogP) is 8.18. The van der Waals surface area contributed by atoms with Gasteiger partial charge < -0.3 is 67.7 Å². The van der Waals surface area contributed by atoms with Gasteiger partial charge in [0.1, 0.15) is 13.2 Å². The molecule has 0 heterocycles. The number of carbonyl (C=O) groups excluding carboxylic acids is 7. The van der Waals surface area contributed by atoms with Crippen molar-refractivity contribution in [1.29, 1.82) is 0 Å². The minimum Gasteiger partial charge on any atom is -0.549 e. The molecule has 0 saturated heterocycles. The second-order valence-electron chi connectivity index (χ2n) is 18.0. The van der Waals surface area contributed by atoms with Crippen LogP contribution in [0, 0.1) is 0 Å². The number of ether oxygens (including phenoxy) is 3. The van der Waals surface area contributed by atoms with Crippen LogP contribution in [-0.4, -0.2) is 91.6 Å². The zero-order valence-corrected chi connectivity index (χ0v) is 45.1. The van der Waals surface area contributed by atoms with Gasteiger partial charge in [0.15, 0.2) is 6.10 Å². The summed E-state index contributed by atoms with van der Waals surface area (Å²) in [6.45, 7) is 2.06. The van der Waals surface area contributed by atoms with Crippen LogP contribution >= 0.6 is 0 Å². The number of unbranched alkanes of at least 4 members (excludes halogenated alkanes) is 23. The van der Waals surface area contributed by atoms with E-state index in [-0.39, 0.29) is 83.2 Å². The number of nitrogens with one attached hydrogen (secondary N) is 1. The summed E-state index contributed by atoms with van der Waals surface area (Å²) in [4.78, 5) is 84.6. The average Bonchev–Trinajstić information content (AvgIpc) is 3.29. The Morgan fingerprint density at radius 1 is 0.465 bits per heavy atom. The number of carbonyl (C=O) groups is 7. The number of carboxylic acids is 3. The lowest BCUT2D eigenvalue weighted by Gasteiger charge is -2.33. The molecule has 0 aromatic rings. The van der Waals surface area contributed by atoms with Gasteiger partial charge in [-0.2, -0.15) is 0 Å². The minimum absolute atomic E-state index is 0. The lowest BCUT2D eigenvalue weighted by molar-refractivity contribution is -0.318. The number of rotatable bonds is 49. The van der Waals surface area contributed by atoms with E-state index in [0.717, 1.165) is 77.0 Å². The quantitative estimate of drug-likeness (QED) is 0.0193. The highest BCUT2D eigenvalue weighted by Gasteiger charge is 2.21. The van der Waals surface area contributed by atoms with E-state index in [1.54, 1.807) is 0 Å². The van der Waals surface area contributed by atoms with Gasteiger partial charge in [0.25, 0.3) is 0 Å². The van der Waals surface area contributed by atoms with Crippen molar-refractivity contribution in [2.75, 3.05) is 32.8 Å². The van der Waals surface area contributed by atoms with Gasteiger partial charge in [-0.25, -0.2) is 0 Å². The van der Waals surface area contributed by atoms with Crippen LogP contribution in [0.3, 0.4) is 0 Å². The zero-order chi connectivity index (χ0) is 50.3. The molecule has 0 aromatic heterocycles. The molecule has 0 radical (unpaired) electrons. The van der Waals surface area contributed by atoms with Gasteiger partial charge in [-0.3, -0.25) is 24.1 Å². The average molecular weight is 1020 g/mol. The summed E-state index contributed by atoms with van der Waals surface area (Å²) in [5, 5.41) is 36.1. The summed E-state index contributed by atoms with van der Waals surface area (Å²) in [5.41, 5.74) is 0. The molecule has 416 valence electrons. The first kappa shape index (κ1) is 73.1. The molecule has 0 aliphatic heterocycles. The summed E-state index contributed by atoms with van der Waals surface area (Å²) in [6, 6.07) is -1.52. The third-order valence-electron chi connectivity index (χ3n) is 11.6. The molecule has 0 aliphatic carbocycles. The third kappa shape index (κ3) is 50.4. The third-order valence-corrected chi connectivity index (χ3v) is 11.6. The Morgan fingerprint density at radius 3 is 1.25 bits per heavy atom. The van der Waals surface area contributed by atoms with Crippen molar-refractivity contribution in [2.45, 2.75) is 238 Å². The van der Waals surface area contributed by atoms with Gasteiger partial charge in [0, 0.05) is 38.9 Å². The van der Waals surface area contributed by atoms with Crippen LogP contribution < -0.4 is 39.1 Å².